The van der Waals surface area contributed by atoms with Crippen LogP contribution in [0.2, 0.25) is 0 Å². The van der Waals surface area contributed by atoms with Gasteiger partial charge < -0.3 is 5.32 Å². The fourth-order valence-corrected chi connectivity index (χ4v) is 3.34. The number of hydrogen-bond acceptors (Lipinski definition) is 4. The lowest BCUT2D eigenvalue weighted by Gasteiger charge is -2.29. The van der Waals surface area contributed by atoms with Gasteiger partial charge in [-0.15, -0.1) is 17.5 Å². The molecule has 2 aromatic rings. The SMILES string of the molecule is CCN1CCc2c(cccc2-n2nnc(C(=O)NC(C)(C)CC)c2C)C1.Cl. The molecule has 0 unspecified atom stereocenters. The van der Waals surface area contributed by atoms with E-state index in [2.05, 4.69) is 52.6 Å². The molecule has 1 aromatic heterocycles. The number of likely N-dealkylation sites (N-methyl/N-ethyl adjacent to an activating group) is 1. The van der Waals surface area contributed by atoms with Crippen LogP contribution in [0.5, 0.6) is 0 Å². The lowest BCUT2D eigenvalue weighted by molar-refractivity contribution is 0.0905. The van der Waals surface area contributed by atoms with Gasteiger partial charge in [-0.25, -0.2) is 4.68 Å². The van der Waals surface area contributed by atoms with Crippen LogP contribution < -0.4 is 5.32 Å². The first-order chi connectivity index (χ1) is 12.4. The molecular formula is C20H30ClN5O. The summed E-state index contributed by atoms with van der Waals surface area (Å²) >= 11 is 0. The number of carbonyl (C=O) groups is 1. The molecule has 27 heavy (non-hydrogen) atoms. The van der Waals surface area contributed by atoms with Crippen molar-refractivity contribution in [1.82, 2.24) is 25.2 Å². The van der Waals surface area contributed by atoms with Gasteiger partial charge in [0, 0.05) is 18.6 Å². The van der Waals surface area contributed by atoms with E-state index in [1.807, 2.05) is 25.5 Å². The predicted octanol–water partition coefficient (Wildman–Crippen LogP) is 3.29. The normalized spacial score (nSPS) is 14.4. The molecule has 3 rings (SSSR count). The summed E-state index contributed by atoms with van der Waals surface area (Å²) in [6.07, 6.45) is 1.84. The number of halogens is 1. The van der Waals surface area contributed by atoms with Crippen LogP contribution >= 0.6 is 12.4 Å². The molecule has 0 saturated carbocycles. The standard InChI is InChI=1S/C20H29N5O.ClH/c1-6-20(4,5)21-19(26)18-14(3)25(23-22-18)17-10-8-9-15-13-24(7-2)12-11-16(15)17;/h8-10H,6-7,11-13H2,1-5H3,(H,21,26);1H. The Labute approximate surface area is 167 Å². The minimum atomic E-state index is -0.261. The average Bonchev–Trinajstić information content (AvgIpc) is 3.01. The molecular weight excluding hydrogens is 362 g/mol. The van der Waals surface area contributed by atoms with Crippen molar-refractivity contribution in [3.8, 4) is 5.69 Å². The van der Waals surface area contributed by atoms with Gasteiger partial charge in [0.25, 0.3) is 5.91 Å². The average molecular weight is 392 g/mol. The number of amides is 1. The van der Waals surface area contributed by atoms with Crippen LogP contribution in [0.1, 0.15) is 61.4 Å². The first-order valence-corrected chi connectivity index (χ1v) is 9.44. The van der Waals surface area contributed by atoms with Crippen molar-refractivity contribution in [2.75, 3.05) is 13.1 Å². The number of hydrogen-bond donors (Lipinski definition) is 1. The third kappa shape index (κ3) is 4.33. The Morgan fingerprint density at radius 3 is 2.70 bits per heavy atom. The van der Waals surface area contributed by atoms with Crippen molar-refractivity contribution >= 4 is 18.3 Å². The van der Waals surface area contributed by atoms with E-state index in [0.717, 1.165) is 43.9 Å². The zero-order valence-corrected chi connectivity index (χ0v) is 17.7. The molecule has 0 bridgehead atoms. The zero-order valence-electron chi connectivity index (χ0n) is 16.9. The third-order valence-electron chi connectivity index (χ3n) is 5.44. The number of nitrogens with zero attached hydrogens (tertiary/aromatic N) is 4. The van der Waals surface area contributed by atoms with Crippen molar-refractivity contribution in [3.05, 3.63) is 40.7 Å². The number of benzene rings is 1. The molecule has 1 aliphatic rings. The van der Waals surface area contributed by atoms with Crippen LogP contribution in [0, 0.1) is 6.92 Å². The van der Waals surface area contributed by atoms with Gasteiger partial charge in [0.15, 0.2) is 5.69 Å². The van der Waals surface area contributed by atoms with E-state index in [9.17, 15) is 4.79 Å². The van der Waals surface area contributed by atoms with Crippen molar-refractivity contribution in [1.29, 1.82) is 0 Å². The number of aromatic nitrogens is 3. The summed E-state index contributed by atoms with van der Waals surface area (Å²) in [7, 11) is 0. The number of nitrogens with one attached hydrogen (secondary N) is 1. The molecule has 0 spiro atoms. The maximum absolute atomic E-state index is 12.6. The molecule has 1 aliphatic heterocycles. The summed E-state index contributed by atoms with van der Waals surface area (Å²) in [5.41, 5.74) is 4.60. The van der Waals surface area contributed by atoms with Crippen LogP contribution in [0.4, 0.5) is 0 Å². The van der Waals surface area contributed by atoms with Crippen LogP contribution in [-0.4, -0.2) is 44.4 Å². The van der Waals surface area contributed by atoms with E-state index < -0.39 is 0 Å². The van der Waals surface area contributed by atoms with Gasteiger partial charge in [-0.2, -0.15) is 0 Å². The van der Waals surface area contributed by atoms with Crippen LogP contribution in [-0.2, 0) is 13.0 Å². The maximum atomic E-state index is 12.6. The molecule has 1 amide bonds. The Morgan fingerprint density at radius 2 is 2.04 bits per heavy atom. The summed E-state index contributed by atoms with van der Waals surface area (Å²) in [6.45, 7) is 13.3. The highest BCUT2D eigenvalue weighted by atomic mass is 35.5. The van der Waals surface area contributed by atoms with E-state index in [4.69, 9.17) is 0 Å². The van der Waals surface area contributed by atoms with Crippen LogP contribution in [0.3, 0.4) is 0 Å². The Morgan fingerprint density at radius 1 is 1.30 bits per heavy atom. The molecule has 148 valence electrons. The molecule has 2 heterocycles. The molecule has 1 N–H and O–H groups in total. The van der Waals surface area contributed by atoms with E-state index in [1.54, 1.807) is 0 Å². The Hall–Kier alpha value is -1.92. The smallest absolute Gasteiger partial charge is 0.274 e. The van der Waals surface area contributed by atoms with Crippen LogP contribution in [0.15, 0.2) is 18.2 Å². The first kappa shape index (κ1) is 21.4. The van der Waals surface area contributed by atoms with Gasteiger partial charge in [0.1, 0.15) is 0 Å². The van der Waals surface area contributed by atoms with Gasteiger partial charge in [-0.1, -0.05) is 31.2 Å². The molecule has 1 aromatic carbocycles. The molecule has 7 heteroatoms. The van der Waals surface area contributed by atoms with Crippen molar-refractivity contribution in [2.24, 2.45) is 0 Å². The highest BCUT2D eigenvalue weighted by Gasteiger charge is 2.25. The topological polar surface area (TPSA) is 63.1 Å². The fraction of sp³-hybridized carbons (Fsp3) is 0.550. The minimum Gasteiger partial charge on any atom is -0.346 e. The van der Waals surface area contributed by atoms with Gasteiger partial charge >= 0.3 is 0 Å². The van der Waals surface area contributed by atoms with Crippen molar-refractivity contribution in [3.63, 3.8) is 0 Å². The van der Waals surface area contributed by atoms with Gasteiger partial charge in [0.2, 0.25) is 0 Å². The highest BCUT2D eigenvalue weighted by Crippen LogP contribution is 2.26. The van der Waals surface area contributed by atoms with Crippen molar-refractivity contribution < 1.29 is 4.79 Å². The Balaban J connectivity index is 0.00000261. The summed E-state index contributed by atoms with van der Waals surface area (Å²) in [5, 5.41) is 11.5. The number of carbonyl (C=O) groups excluding carboxylic acids is 1. The van der Waals surface area contributed by atoms with E-state index in [1.165, 1.54) is 11.1 Å². The van der Waals surface area contributed by atoms with Crippen LogP contribution in [0.25, 0.3) is 5.69 Å². The molecule has 0 aliphatic carbocycles. The molecule has 0 atom stereocenters. The monoisotopic (exact) mass is 391 g/mol. The number of rotatable bonds is 5. The first-order valence-electron chi connectivity index (χ1n) is 9.44. The molecule has 6 nitrogen and oxygen atoms in total. The summed E-state index contributed by atoms with van der Waals surface area (Å²) < 4.78 is 1.81. The van der Waals surface area contributed by atoms with E-state index in [-0.39, 0.29) is 23.9 Å². The second kappa shape index (κ2) is 8.40. The highest BCUT2D eigenvalue weighted by molar-refractivity contribution is 5.93. The third-order valence-corrected chi connectivity index (χ3v) is 5.44. The second-order valence-electron chi connectivity index (χ2n) is 7.66. The number of fused-ring (bicyclic) bond motifs is 1. The summed E-state index contributed by atoms with van der Waals surface area (Å²) in [4.78, 5) is 15.1. The van der Waals surface area contributed by atoms with Gasteiger partial charge in [-0.3, -0.25) is 9.69 Å². The summed E-state index contributed by atoms with van der Waals surface area (Å²) in [6, 6.07) is 6.32. The Bertz CT molecular complexity index is 815. The summed E-state index contributed by atoms with van der Waals surface area (Å²) in [5.74, 6) is -0.164. The molecule has 0 saturated heterocycles. The lowest BCUT2D eigenvalue weighted by atomic mass is 9.97. The fourth-order valence-electron chi connectivity index (χ4n) is 3.34. The Kier molecular flexibility index (Phi) is 6.65. The quantitative estimate of drug-likeness (QED) is 0.849. The lowest BCUT2D eigenvalue weighted by Crippen LogP contribution is -2.43. The van der Waals surface area contributed by atoms with Gasteiger partial charge in [-0.05, 0) is 57.4 Å². The maximum Gasteiger partial charge on any atom is 0.274 e. The predicted molar refractivity (Wildman–Crippen MR) is 110 cm³/mol. The largest absolute Gasteiger partial charge is 0.346 e. The molecule has 0 fully saturated rings. The second-order valence-corrected chi connectivity index (χ2v) is 7.66. The molecule has 0 radical (unpaired) electrons. The zero-order chi connectivity index (χ0) is 18.9. The van der Waals surface area contributed by atoms with E-state index in [0.29, 0.717) is 5.69 Å². The van der Waals surface area contributed by atoms with Crippen molar-refractivity contribution in [2.45, 2.75) is 59.5 Å². The van der Waals surface area contributed by atoms with E-state index >= 15 is 0 Å². The minimum absolute atomic E-state index is 0. The van der Waals surface area contributed by atoms with Gasteiger partial charge in [0.05, 0.1) is 11.4 Å².